The molecule has 3 aromatic rings. The van der Waals surface area contributed by atoms with E-state index < -0.39 is 11.7 Å². The third-order valence-corrected chi connectivity index (χ3v) is 4.76. The Hall–Kier alpha value is -2.27. The summed E-state index contributed by atoms with van der Waals surface area (Å²) in [4.78, 5) is 3.40. The van der Waals surface area contributed by atoms with Crippen molar-refractivity contribution in [1.29, 1.82) is 0 Å². The van der Waals surface area contributed by atoms with Gasteiger partial charge in [0.25, 0.3) is 0 Å². The highest BCUT2D eigenvalue weighted by Crippen LogP contribution is 2.35. The van der Waals surface area contributed by atoms with Crippen LogP contribution in [0, 0.1) is 0 Å². The van der Waals surface area contributed by atoms with Crippen LogP contribution in [-0.2, 0) is 19.0 Å². The van der Waals surface area contributed by atoms with Gasteiger partial charge in [-0.3, -0.25) is 0 Å². The zero-order valence-corrected chi connectivity index (χ0v) is 14.8. The zero-order chi connectivity index (χ0) is 18.7. The first-order valence-corrected chi connectivity index (χ1v) is 8.95. The van der Waals surface area contributed by atoms with E-state index in [-0.39, 0.29) is 0 Å². The van der Waals surface area contributed by atoms with Gasteiger partial charge in [0.1, 0.15) is 0 Å². The molecule has 2 nitrogen and oxygen atoms in total. The number of nitrogens with one attached hydrogen (secondary N) is 1. The largest absolute Gasteiger partial charge is 0.416 e. The second-order valence-electron chi connectivity index (χ2n) is 6.53. The monoisotopic (exact) mass is 360 g/mol. The fraction of sp³-hybridized carbons (Fsp3) is 0.333. The van der Waals surface area contributed by atoms with Gasteiger partial charge in [0, 0.05) is 16.6 Å². The smallest absolute Gasteiger partial charge is 0.354 e. The molecule has 0 aliphatic carbocycles. The SMILES string of the molecule is CCc1ccc2[nH]c(-c3ccc(C(F)(F)F)cc3)c(CCCCN)c2c1. The number of nitrogens with two attached hydrogens (primary N) is 1. The number of H-pyrrole nitrogens is 1. The molecule has 0 unspecified atom stereocenters. The van der Waals surface area contributed by atoms with Crippen molar-refractivity contribution in [2.24, 2.45) is 5.73 Å². The van der Waals surface area contributed by atoms with Gasteiger partial charge in [-0.15, -0.1) is 0 Å². The Morgan fingerprint density at radius 3 is 2.35 bits per heavy atom. The molecule has 138 valence electrons. The molecule has 0 bridgehead atoms. The van der Waals surface area contributed by atoms with Crippen molar-refractivity contribution in [3.8, 4) is 11.3 Å². The summed E-state index contributed by atoms with van der Waals surface area (Å²) in [6.07, 6.45) is -0.654. The summed E-state index contributed by atoms with van der Waals surface area (Å²) in [5, 5.41) is 1.15. The Morgan fingerprint density at radius 2 is 1.73 bits per heavy atom. The fourth-order valence-corrected chi connectivity index (χ4v) is 3.29. The summed E-state index contributed by atoms with van der Waals surface area (Å²) >= 11 is 0. The van der Waals surface area contributed by atoms with Crippen LogP contribution < -0.4 is 5.73 Å². The molecule has 1 heterocycles. The standard InChI is InChI=1S/C21H23F3N2/c1-2-14-6-11-19-18(13-14)17(5-3-4-12-25)20(26-19)15-7-9-16(10-8-15)21(22,23)24/h6-11,13,26H,2-5,12,25H2,1H3. The molecule has 26 heavy (non-hydrogen) atoms. The number of hydrogen-bond acceptors (Lipinski definition) is 1. The van der Waals surface area contributed by atoms with E-state index in [1.807, 2.05) is 6.07 Å². The Kier molecular flexibility index (Phi) is 5.37. The summed E-state index contributed by atoms with van der Waals surface area (Å²) in [5.74, 6) is 0. The van der Waals surface area contributed by atoms with Crippen LogP contribution in [0.1, 0.15) is 36.5 Å². The van der Waals surface area contributed by atoms with Crippen LogP contribution in [0.5, 0.6) is 0 Å². The Morgan fingerprint density at radius 1 is 1.00 bits per heavy atom. The van der Waals surface area contributed by atoms with E-state index in [2.05, 4.69) is 24.0 Å². The normalized spacial score (nSPS) is 12.0. The van der Waals surface area contributed by atoms with Crippen LogP contribution >= 0.6 is 0 Å². The number of rotatable bonds is 6. The third kappa shape index (κ3) is 3.78. The number of aryl methyl sites for hydroxylation is 2. The number of halogens is 3. The van der Waals surface area contributed by atoms with Crippen LogP contribution in [0.2, 0.25) is 0 Å². The molecule has 0 aliphatic rings. The molecule has 0 saturated heterocycles. The van der Waals surface area contributed by atoms with Gasteiger partial charge in [-0.05, 0) is 73.2 Å². The molecule has 0 spiro atoms. The fourth-order valence-electron chi connectivity index (χ4n) is 3.29. The minimum absolute atomic E-state index is 0.629. The molecule has 3 N–H and O–H groups in total. The minimum Gasteiger partial charge on any atom is -0.354 e. The summed E-state index contributed by atoms with van der Waals surface area (Å²) in [6, 6.07) is 11.7. The van der Waals surface area contributed by atoms with Gasteiger partial charge < -0.3 is 10.7 Å². The van der Waals surface area contributed by atoms with Crippen molar-refractivity contribution in [2.45, 2.75) is 38.8 Å². The maximum atomic E-state index is 12.8. The minimum atomic E-state index is -4.32. The molecular weight excluding hydrogens is 337 g/mol. The summed E-state index contributed by atoms with van der Waals surface area (Å²) in [6.45, 7) is 2.75. The van der Waals surface area contributed by atoms with Gasteiger partial charge in [-0.25, -0.2) is 0 Å². The van der Waals surface area contributed by atoms with Gasteiger partial charge >= 0.3 is 6.18 Å². The molecule has 0 fully saturated rings. The van der Waals surface area contributed by atoms with E-state index in [1.54, 1.807) is 12.1 Å². The average Bonchev–Trinajstić information content (AvgIpc) is 2.99. The van der Waals surface area contributed by atoms with Gasteiger partial charge in [0.15, 0.2) is 0 Å². The quantitative estimate of drug-likeness (QED) is 0.544. The first-order chi connectivity index (χ1) is 12.4. The van der Waals surface area contributed by atoms with Crippen molar-refractivity contribution in [3.63, 3.8) is 0 Å². The van der Waals surface area contributed by atoms with Crippen LogP contribution in [0.15, 0.2) is 42.5 Å². The zero-order valence-electron chi connectivity index (χ0n) is 14.8. The predicted octanol–water partition coefficient (Wildman–Crippen LogP) is 5.70. The van der Waals surface area contributed by atoms with E-state index in [9.17, 15) is 13.2 Å². The molecule has 1 aromatic heterocycles. The number of alkyl halides is 3. The lowest BCUT2D eigenvalue weighted by Crippen LogP contribution is -2.04. The van der Waals surface area contributed by atoms with E-state index in [1.165, 1.54) is 5.56 Å². The molecule has 0 atom stereocenters. The lowest BCUT2D eigenvalue weighted by Gasteiger charge is -2.09. The number of unbranched alkanes of at least 4 members (excludes halogenated alkanes) is 1. The highest BCUT2D eigenvalue weighted by Gasteiger charge is 2.30. The van der Waals surface area contributed by atoms with E-state index in [4.69, 9.17) is 5.73 Å². The number of aromatic nitrogens is 1. The van der Waals surface area contributed by atoms with E-state index in [0.717, 1.165) is 65.5 Å². The number of aromatic amines is 1. The van der Waals surface area contributed by atoms with Crippen molar-refractivity contribution >= 4 is 10.9 Å². The van der Waals surface area contributed by atoms with Gasteiger partial charge in [0.2, 0.25) is 0 Å². The molecule has 3 rings (SSSR count). The highest BCUT2D eigenvalue weighted by molar-refractivity contribution is 5.91. The van der Waals surface area contributed by atoms with Crippen molar-refractivity contribution < 1.29 is 13.2 Å². The first-order valence-electron chi connectivity index (χ1n) is 8.95. The average molecular weight is 360 g/mol. The molecule has 0 saturated carbocycles. The molecule has 5 heteroatoms. The van der Waals surface area contributed by atoms with Gasteiger partial charge in [-0.2, -0.15) is 13.2 Å². The Bertz CT molecular complexity index is 877. The third-order valence-electron chi connectivity index (χ3n) is 4.76. The molecular formula is C21H23F3N2. The number of hydrogen-bond donors (Lipinski definition) is 2. The van der Waals surface area contributed by atoms with E-state index >= 15 is 0 Å². The Balaban J connectivity index is 2.07. The molecule has 0 radical (unpaired) electrons. The maximum absolute atomic E-state index is 12.8. The second kappa shape index (κ2) is 7.54. The Labute approximate surface area is 151 Å². The molecule has 0 amide bonds. The molecule has 0 aliphatic heterocycles. The van der Waals surface area contributed by atoms with Crippen molar-refractivity contribution in [3.05, 3.63) is 59.2 Å². The summed E-state index contributed by atoms with van der Waals surface area (Å²) in [7, 11) is 0. The second-order valence-corrected chi connectivity index (χ2v) is 6.53. The highest BCUT2D eigenvalue weighted by atomic mass is 19.4. The summed E-state index contributed by atoms with van der Waals surface area (Å²) in [5.41, 5.74) is 10.1. The maximum Gasteiger partial charge on any atom is 0.416 e. The van der Waals surface area contributed by atoms with Crippen LogP contribution in [-0.4, -0.2) is 11.5 Å². The van der Waals surface area contributed by atoms with Gasteiger partial charge in [0.05, 0.1) is 5.56 Å². The first kappa shape index (κ1) is 18.5. The van der Waals surface area contributed by atoms with Gasteiger partial charge in [-0.1, -0.05) is 25.1 Å². The topological polar surface area (TPSA) is 41.8 Å². The summed E-state index contributed by atoms with van der Waals surface area (Å²) < 4.78 is 38.5. The van der Waals surface area contributed by atoms with Crippen LogP contribution in [0.4, 0.5) is 13.2 Å². The lowest BCUT2D eigenvalue weighted by molar-refractivity contribution is -0.137. The van der Waals surface area contributed by atoms with Crippen LogP contribution in [0.25, 0.3) is 22.2 Å². The van der Waals surface area contributed by atoms with Crippen LogP contribution in [0.3, 0.4) is 0 Å². The van der Waals surface area contributed by atoms with Crippen molar-refractivity contribution in [1.82, 2.24) is 4.98 Å². The predicted molar refractivity (Wildman–Crippen MR) is 100 cm³/mol. The van der Waals surface area contributed by atoms with E-state index in [0.29, 0.717) is 6.54 Å². The lowest BCUT2D eigenvalue weighted by atomic mass is 9.98. The molecule has 2 aromatic carbocycles. The van der Waals surface area contributed by atoms with Crippen molar-refractivity contribution in [2.75, 3.05) is 6.54 Å². The number of benzene rings is 2. The number of fused-ring (bicyclic) bond motifs is 1.